The van der Waals surface area contributed by atoms with Crippen LogP contribution in [0.3, 0.4) is 0 Å². The zero-order chi connectivity index (χ0) is 26.2. The highest BCUT2D eigenvalue weighted by molar-refractivity contribution is 7.92. The van der Waals surface area contributed by atoms with Gasteiger partial charge in [0, 0.05) is 6.07 Å². The maximum atomic E-state index is 13.3. The summed E-state index contributed by atoms with van der Waals surface area (Å²) in [6.07, 6.45) is -10.4. The average molecular weight is 527 g/mol. The first-order chi connectivity index (χ1) is 14.6. The van der Waals surface area contributed by atoms with Crippen LogP contribution in [0.4, 0.5) is 54.0 Å². The van der Waals surface area contributed by atoms with Gasteiger partial charge in [0.2, 0.25) is 0 Å². The summed E-state index contributed by atoms with van der Waals surface area (Å²) < 4.78 is 168. The van der Waals surface area contributed by atoms with E-state index in [-0.39, 0.29) is 18.2 Å². The van der Waals surface area contributed by atoms with Gasteiger partial charge in [-0.25, -0.2) is 17.2 Å². The number of sulfone groups is 1. The predicted molar refractivity (Wildman–Crippen MR) is 82.0 cm³/mol. The Morgan fingerprint density at radius 2 is 1.55 bits per heavy atom. The largest absolute Gasteiger partial charge is 0.458 e. The van der Waals surface area contributed by atoms with Gasteiger partial charge in [-0.05, 0) is 12.1 Å². The second-order valence-corrected chi connectivity index (χ2v) is 8.02. The molecule has 0 N–H and O–H groups in total. The molecule has 0 saturated heterocycles. The van der Waals surface area contributed by atoms with Crippen LogP contribution >= 0.6 is 0 Å². The number of halogens is 11. The number of nitro groups is 1. The van der Waals surface area contributed by atoms with Crippen molar-refractivity contribution in [2.24, 2.45) is 0 Å². The van der Waals surface area contributed by atoms with E-state index in [0.29, 0.717) is 0 Å². The van der Waals surface area contributed by atoms with Crippen molar-refractivity contribution in [1.29, 1.82) is 0 Å². The van der Waals surface area contributed by atoms with Gasteiger partial charge in [0.15, 0.2) is 22.2 Å². The molecule has 0 bridgehead atoms. The molecular weight excluding hydrogens is 519 g/mol. The highest BCUT2D eigenvalue weighted by atomic mass is 32.2. The molecule has 1 rings (SSSR count). The lowest BCUT2D eigenvalue weighted by molar-refractivity contribution is -0.388. The van der Waals surface area contributed by atoms with Crippen molar-refractivity contribution in [3.8, 4) is 0 Å². The number of esters is 1. The van der Waals surface area contributed by atoms with Gasteiger partial charge in [-0.15, -0.1) is 0 Å². The molecule has 0 aliphatic rings. The SMILES string of the molecule is O=C(CS(=O)(=O)c1ccc(C(F)(F)F)cc1[N+](=O)[O-])OCC(F)(F)C(F)(F)C(F)(F)C(F)F. The van der Waals surface area contributed by atoms with Crippen LogP contribution in [0.25, 0.3) is 0 Å². The van der Waals surface area contributed by atoms with E-state index in [1.54, 1.807) is 0 Å². The van der Waals surface area contributed by atoms with Crippen molar-refractivity contribution in [2.45, 2.75) is 35.3 Å². The van der Waals surface area contributed by atoms with E-state index >= 15 is 0 Å². The Balaban J connectivity index is 3.12. The molecule has 0 aliphatic heterocycles. The number of carbonyl (C=O) groups excluding carboxylic acids is 1. The maximum Gasteiger partial charge on any atom is 0.416 e. The maximum absolute atomic E-state index is 13.3. The third-order valence-corrected chi connectivity index (χ3v) is 5.32. The van der Waals surface area contributed by atoms with Gasteiger partial charge in [0.25, 0.3) is 5.69 Å². The molecule has 188 valence electrons. The van der Waals surface area contributed by atoms with Crippen LogP contribution in [0.15, 0.2) is 23.1 Å². The van der Waals surface area contributed by atoms with Crippen molar-refractivity contribution >= 4 is 21.5 Å². The minimum Gasteiger partial charge on any atom is -0.458 e. The van der Waals surface area contributed by atoms with E-state index in [1.165, 1.54) is 0 Å². The number of benzene rings is 1. The van der Waals surface area contributed by atoms with Crippen LogP contribution in [-0.4, -0.2) is 55.9 Å². The molecule has 0 spiro atoms. The Bertz CT molecular complexity index is 1020. The molecule has 0 atom stereocenters. The van der Waals surface area contributed by atoms with Crippen LogP contribution in [0.5, 0.6) is 0 Å². The zero-order valence-corrected chi connectivity index (χ0v) is 16.0. The first-order valence-corrected chi connectivity index (χ1v) is 9.39. The summed E-state index contributed by atoms with van der Waals surface area (Å²) in [6, 6.07) is -0.152. The Labute approximate surface area is 175 Å². The summed E-state index contributed by atoms with van der Waals surface area (Å²) in [5.74, 6) is -24.0. The van der Waals surface area contributed by atoms with E-state index in [4.69, 9.17) is 0 Å². The lowest BCUT2D eigenvalue weighted by Crippen LogP contribution is -2.59. The molecule has 0 saturated carbocycles. The lowest BCUT2D eigenvalue weighted by Gasteiger charge is -2.31. The number of nitrogens with zero attached hydrogens (tertiary/aromatic N) is 1. The van der Waals surface area contributed by atoms with Gasteiger partial charge in [0.05, 0.1) is 10.5 Å². The van der Waals surface area contributed by atoms with Crippen LogP contribution in [0, 0.1) is 10.1 Å². The van der Waals surface area contributed by atoms with Crippen molar-refractivity contribution < 1.29 is 71.2 Å². The first kappa shape index (κ1) is 28.3. The standard InChI is InChI=1S/C14H8F11NO6S/c15-10(16)12(19,20)14(24,25)11(17,18)5-32-9(27)4-33(30,31)8-2-1-6(13(21,22)23)3-7(8)26(28)29/h1-3,10H,4-5H2. The topological polar surface area (TPSA) is 104 Å². The van der Waals surface area contributed by atoms with Gasteiger partial charge < -0.3 is 4.74 Å². The Hall–Kier alpha value is -2.73. The molecule has 0 aliphatic carbocycles. The molecule has 1 aromatic carbocycles. The molecule has 19 heteroatoms. The summed E-state index contributed by atoms with van der Waals surface area (Å²) in [4.78, 5) is 19.2. The van der Waals surface area contributed by atoms with E-state index in [2.05, 4.69) is 4.74 Å². The number of ether oxygens (including phenoxy) is 1. The summed E-state index contributed by atoms with van der Waals surface area (Å²) in [5, 5.41) is 10.9. The summed E-state index contributed by atoms with van der Waals surface area (Å²) in [6.45, 7) is -3.01. The third kappa shape index (κ3) is 5.80. The van der Waals surface area contributed by atoms with Crippen LogP contribution in [0.1, 0.15) is 5.56 Å². The number of rotatable bonds is 9. The quantitative estimate of drug-likeness (QED) is 0.207. The number of carbonyl (C=O) groups is 1. The van der Waals surface area contributed by atoms with E-state index < -0.39 is 79.6 Å². The first-order valence-electron chi connectivity index (χ1n) is 7.73. The van der Waals surface area contributed by atoms with Crippen molar-refractivity contribution in [2.75, 3.05) is 12.4 Å². The smallest absolute Gasteiger partial charge is 0.416 e. The molecule has 0 unspecified atom stereocenters. The van der Waals surface area contributed by atoms with Gasteiger partial charge >= 0.3 is 36.3 Å². The average Bonchev–Trinajstić information content (AvgIpc) is 2.64. The minimum absolute atomic E-state index is 0.0372. The molecule has 0 radical (unpaired) electrons. The van der Waals surface area contributed by atoms with Crippen molar-refractivity contribution in [1.82, 2.24) is 0 Å². The van der Waals surface area contributed by atoms with Crippen molar-refractivity contribution in [3.63, 3.8) is 0 Å². The summed E-state index contributed by atoms with van der Waals surface area (Å²) >= 11 is 0. The summed E-state index contributed by atoms with van der Waals surface area (Å²) in [5.41, 5.74) is -3.39. The van der Waals surface area contributed by atoms with Gasteiger partial charge in [0.1, 0.15) is 4.90 Å². The highest BCUT2D eigenvalue weighted by Gasteiger charge is 2.75. The third-order valence-electron chi connectivity index (χ3n) is 3.69. The molecule has 0 heterocycles. The fraction of sp³-hybridized carbons (Fsp3) is 0.500. The molecular formula is C14H8F11NO6S. The normalized spacial score (nSPS) is 13.8. The van der Waals surface area contributed by atoms with Crippen molar-refractivity contribution in [3.05, 3.63) is 33.9 Å². The van der Waals surface area contributed by atoms with E-state index in [9.17, 15) is 71.6 Å². The van der Waals surface area contributed by atoms with Crippen LogP contribution < -0.4 is 0 Å². The number of hydrogen-bond acceptors (Lipinski definition) is 6. The Morgan fingerprint density at radius 1 is 1.03 bits per heavy atom. The van der Waals surface area contributed by atoms with Gasteiger partial charge in [-0.2, -0.15) is 39.5 Å². The molecule has 7 nitrogen and oxygen atoms in total. The predicted octanol–water partition coefficient (Wildman–Crippen LogP) is 4.10. The number of hydrogen-bond donors (Lipinski definition) is 0. The molecule has 33 heavy (non-hydrogen) atoms. The van der Waals surface area contributed by atoms with Crippen LogP contribution in [-0.2, 0) is 25.5 Å². The summed E-state index contributed by atoms with van der Waals surface area (Å²) in [7, 11) is -5.33. The molecule has 0 aromatic heterocycles. The van der Waals surface area contributed by atoms with E-state index in [0.717, 1.165) is 0 Å². The Morgan fingerprint density at radius 3 is 1.97 bits per heavy atom. The van der Waals surface area contributed by atoms with Gasteiger partial charge in [-0.1, -0.05) is 0 Å². The lowest BCUT2D eigenvalue weighted by atomic mass is 10.1. The number of alkyl halides is 11. The fourth-order valence-corrected chi connectivity index (χ4v) is 3.29. The van der Waals surface area contributed by atoms with Crippen LogP contribution in [0.2, 0.25) is 0 Å². The molecule has 0 fully saturated rings. The van der Waals surface area contributed by atoms with Gasteiger partial charge in [-0.3, -0.25) is 14.9 Å². The monoisotopic (exact) mass is 527 g/mol. The minimum atomic E-state index is -6.76. The van der Waals surface area contributed by atoms with E-state index in [1.807, 2.05) is 0 Å². The second-order valence-electron chi connectivity index (χ2n) is 6.06. The molecule has 1 aromatic rings. The second kappa shape index (κ2) is 8.90. The number of nitro benzene ring substituents is 1. The Kier molecular flexibility index (Phi) is 7.63. The highest BCUT2D eigenvalue weighted by Crippen LogP contribution is 2.48. The fourth-order valence-electron chi connectivity index (χ4n) is 2.02. The zero-order valence-electron chi connectivity index (χ0n) is 15.2. The molecule has 0 amide bonds.